The fourth-order valence-electron chi connectivity index (χ4n) is 3.48. The lowest BCUT2D eigenvalue weighted by Crippen LogP contribution is -2.39. The minimum absolute atomic E-state index is 0. The highest BCUT2D eigenvalue weighted by molar-refractivity contribution is 14.0. The second-order valence-corrected chi connectivity index (χ2v) is 7.06. The normalized spacial score (nSPS) is 19.8. The van der Waals surface area contributed by atoms with Gasteiger partial charge < -0.3 is 20.4 Å². The molecule has 0 saturated carbocycles. The van der Waals surface area contributed by atoms with Crippen molar-refractivity contribution in [2.75, 3.05) is 52.9 Å². The molecule has 0 atom stereocenters. The Balaban J connectivity index is 0.00000312. The largest absolute Gasteiger partial charge is 0.357 e. The van der Waals surface area contributed by atoms with Crippen LogP contribution in [0.4, 0.5) is 0 Å². The zero-order valence-corrected chi connectivity index (χ0v) is 18.3. The van der Waals surface area contributed by atoms with Gasteiger partial charge in [0, 0.05) is 39.1 Å². The molecule has 2 saturated heterocycles. The number of carbonyl (C=O) groups is 1. The van der Waals surface area contributed by atoms with Gasteiger partial charge in [-0.25, -0.2) is 0 Å². The van der Waals surface area contributed by atoms with Crippen LogP contribution in [-0.2, 0) is 4.79 Å². The van der Waals surface area contributed by atoms with Crippen LogP contribution in [0.3, 0.4) is 0 Å². The molecule has 0 aromatic heterocycles. The Labute approximate surface area is 170 Å². The number of guanidine groups is 1. The number of piperidine rings is 1. The topological polar surface area (TPSA) is 60.0 Å². The van der Waals surface area contributed by atoms with Crippen LogP contribution >= 0.6 is 24.0 Å². The summed E-state index contributed by atoms with van der Waals surface area (Å²) in [6, 6.07) is 0. The summed E-state index contributed by atoms with van der Waals surface area (Å²) in [5.41, 5.74) is 0. The smallest absolute Gasteiger partial charge is 0.222 e. The van der Waals surface area contributed by atoms with Gasteiger partial charge in [-0.15, -0.1) is 24.0 Å². The van der Waals surface area contributed by atoms with E-state index in [0.29, 0.717) is 5.91 Å². The van der Waals surface area contributed by atoms with Crippen molar-refractivity contribution in [1.82, 2.24) is 20.4 Å². The highest BCUT2D eigenvalue weighted by Gasteiger charge is 2.19. The summed E-state index contributed by atoms with van der Waals surface area (Å²) >= 11 is 0. The van der Waals surface area contributed by atoms with E-state index in [0.717, 1.165) is 63.9 Å². The summed E-state index contributed by atoms with van der Waals surface area (Å²) in [4.78, 5) is 20.6. The van der Waals surface area contributed by atoms with Crippen LogP contribution in [0.2, 0.25) is 0 Å². The van der Waals surface area contributed by atoms with Crippen LogP contribution in [-0.4, -0.2) is 74.5 Å². The predicted molar refractivity (Wildman–Crippen MR) is 115 cm³/mol. The van der Waals surface area contributed by atoms with E-state index in [4.69, 9.17) is 0 Å². The Bertz CT molecular complexity index is 410. The number of likely N-dealkylation sites (tertiary alicyclic amines) is 2. The fourth-order valence-corrected chi connectivity index (χ4v) is 3.48. The van der Waals surface area contributed by atoms with Gasteiger partial charge in [-0.2, -0.15) is 0 Å². The molecule has 2 heterocycles. The lowest BCUT2D eigenvalue weighted by molar-refractivity contribution is -0.127. The lowest BCUT2D eigenvalue weighted by Gasteiger charge is -2.29. The molecule has 146 valence electrons. The van der Waals surface area contributed by atoms with Crippen LogP contribution in [0.25, 0.3) is 0 Å². The van der Waals surface area contributed by atoms with Gasteiger partial charge in [-0.05, 0) is 65.1 Å². The first-order valence-electron chi connectivity index (χ1n) is 9.67. The Morgan fingerprint density at radius 2 is 2.00 bits per heavy atom. The molecular weight excluding hydrogens is 429 g/mol. The van der Waals surface area contributed by atoms with Gasteiger partial charge in [0.2, 0.25) is 5.91 Å². The Morgan fingerprint density at radius 3 is 2.64 bits per heavy atom. The molecule has 0 aromatic rings. The van der Waals surface area contributed by atoms with Crippen molar-refractivity contribution >= 4 is 35.8 Å². The zero-order valence-electron chi connectivity index (χ0n) is 15.9. The molecule has 2 aliphatic heterocycles. The average molecular weight is 465 g/mol. The number of hydrogen-bond acceptors (Lipinski definition) is 3. The van der Waals surface area contributed by atoms with E-state index in [-0.39, 0.29) is 24.0 Å². The van der Waals surface area contributed by atoms with Gasteiger partial charge in [0.15, 0.2) is 5.96 Å². The van der Waals surface area contributed by atoms with Crippen LogP contribution in [0.1, 0.15) is 45.4 Å². The van der Waals surface area contributed by atoms with Crippen molar-refractivity contribution in [3.8, 4) is 0 Å². The summed E-state index contributed by atoms with van der Waals surface area (Å²) in [7, 11) is 2.21. The third-order valence-electron chi connectivity index (χ3n) is 5.05. The summed E-state index contributed by atoms with van der Waals surface area (Å²) < 4.78 is 0. The molecule has 0 radical (unpaired) electrons. The molecule has 2 aliphatic rings. The molecule has 2 fully saturated rings. The van der Waals surface area contributed by atoms with Crippen LogP contribution < -0.4 is 10.6 Å². The maximum atomic E-state index is 11.6. The Kier molecular flexibility index (Phi) is 11.4. The summed E-state index contributed by atoms with van der Waals surface area (Å²) in [6.07, 6.45) is 6.54. The van der Waals surface area contributed by atoms with Crippen LogP contribution in [0.5, 0.6) is 0 Å². The maximum Gasteiger partial charge on any atom is 0.222 e. The molecular formula is C18H36IN5O. The maximum absolute atomic E-state index is 11.6. The molecule has 2 N–H and O–H groups in total. The molecule has 0 bridgehead atoms. The standard InChI is InChI=1S/C18H35N5O.HI/c1-3-19-18(20-10-5-13-23-12-4-6-17(23)24)21-11-7-16-8-14-22(2)15-9-16;/h16H,3-15H2,1-2H3,(H2,19,20,21);1H. The van der Waals surface area contributed by atoms with Gasteiger partial charge in [0.1, 0.15) is 0 Å². The number of carbonyl (C=O) groups excluding carboxylic acids is 1. The number of hydrogen-bond donors (Lipinski definition) is 2. The van der Waals surface area contributed by atoms with Crippen molar-refractivity contribution in [2.45, 2.75) is 45.4 Å². The number of nitrogens with one attached hydrogen (secondary N) is 2. The fraction of sp³-hybridized carbons (Fsp3) is 0.889. The third kappa shape index (κ3) is 8.57. The summed E-state index contributed by atoms with van der Waals surface area (Å²) in [6.45, 7) is 8.97. The first-order chi connectivity index (χ1) is 11.7. The highest BCUT2D eigenvalue weighted by Crippen LogP contribution is 2.18. The molecule has 0 aromatic carbocycles. The van der Waals surface area contributed by atoms with Crippen molar-refractivity contribution in [1.29, 1.82) is 0 Å². The molecule has 1 amide bonds. The number of nitrogens with zero attached hydrogens (tertiary/aromatic N) is 3. The molecule has 0 aliphatic carbocycles. The molecule has 2 rings (SSSR count). The van der Waals surface area contributed by atoms with E-state index in [1.807, 2.05) is 4.90 Å². The second kappa shape index (κ2) is 12.7. The van der Waals surface area contributed by atoms with Gasteiger partial charge >= 0.3 is 0 Å². The van der Waals surface area contributed by atoms with Crippen molar-refractivity contribution in [2.24, 2.45) is 10.9 Å². The number of rotatable bonds is 8. The predicted octanol–water partition coefficient (Wildman–Crippen LogP) is 1.90. The highest BCUT2D eigenvalue weighted by atomic mass is 127. The third-order valence-corrected chi connectivity index (χ3v) is 5.05. The van der Waals surface area contributed by atoms with E-state index in [1.165, 1.54) is 32.4 Å². The van der Waals surface area contributed by atoms with E-state index in [1.54, 1.807) is 0 Å². The molecule has 6 nitrogen and oxygen atoms in total. The van der Waals surface area contributed by atoms with Crippen LogP contribution in [0, 0.1) is 5.92 Å². The SMILES string of the molecule is CCNC(=NCCCN1CCCC1=O)NCCC1CCN(C)CC1.I. The van der Waals surface area contributed by atoms with E-state index in [2.05, 4.69) is 34.5 Å². The number of halogens is 1. The molecule has 0 spiro atoms. The van der Waals surface area contributed by atoms with E-state index in [9.17, 15) is 4.79 Å². The van der Waals surface area contributed by atoms with Crippen molar-refractivity contribution < 1.29 is 4.79 Å². The number of amides is 1. The summed E-state index contributed by atoms with van der Waals surface area (Å²) in [5.74, 6) is 2.07. The zero-order chi connectivity index (χ0) is 17.2. The molecule has 0 unspecified atom stereocenters. The minimum Gasteiger partial charge on any atom is -0.357 e. The quantitative estimate of drug-likeness (QED) is 0.249. The minimum atomic E-state index is 0. The van der Waals surface area contributed by atoms with E-state index >= 15 is 0 Å². The average Bonchev–Trinajstić information content (AvgIpc) is 2.98. The van der Waals surface area contributed by atoms with Crippen LogP contribution in [0.15, 0.2) is 4.99 Å². The second-order valence-electron chi connectivity index (χ2n) is 7.06. The molecule has 25 heavy (non-hydrogen) atoms. The van der Waals surface area contributed by atoms with Crippen molar-refractivity contribution in [3.63, 3.8) is 0 Å². The lowest BCUT2D eigenvalue weighted by atomic mass is 9.94. The first kappa shape index (κ1) is 22.5. The summed E-state index contributed by atoms with van der Waals surface area (Å²) in [5, 5.41) is 6.78. The first-order valence-corrected chi connectivity index (χ1v) is 9.67. The van der Waals surface area contributed by atoms with Gasteiger partial charge in [-0.3, -0.25) is 9.79 Å². The molecule has 7 heteroatoms. The van der Waals surface area contributed by atoms with Gasteiger partial charge in [0.05, 0.1) is 0 Å². The van der Waals surface area contributed by atoms with Crippen molar-refractivity contribution in [3.05, 3.63) is 0 Å². The Hall–Kier alpha value is -0.570. The van der Waals surface area contributed by atoms with Gasteiger partial charge in [0.25, 0.3) is 0 Å². The monoisotopic (exact) mass is 465 g/mol. The number of aliphatic imine (C=N–C) groups is 1. The van der Waals surface area contributed by atoms with Gasteiger partial charge in [-0.1, -0.05) is 0 Å². The Morgan fingerprint density at radius 1 is 1.24 bits per heavy atom. The van der Waals surface area contributed by atoms with E-state index < -0.39 is 0 Å².